The Labute approximate surface area is 88.1 Å². The van der Waals surface area contributed by atoms with Crippen molar-refractivity contribution < 1.29 is 5.11 Å². The molecule has 1 unspecified atom stereocenters. The molecule has 1 fully saturated rings. The summed E-state index contributed by atoms with van der Waals surface area (Å²) in [4.78, 5) is 0. The molecule has 0 aromatic rings. The maximum absolute atomic E-state index is 10.3. The fourth-order valence-corrected chi connectivity index (χ4v) is 2.07. The molecule has 1 atom stereocenters. The molecule has 0 saturated heterocycles. The summed E-state index contributed by atoms with van der Waals surface area (Å²) in [6, 6.07) is 0.530. The lowest BCUT2D eigenvalue weighted by Gasteiger charge is -2.28. The van der Waals surface area contributed by atoms with Gasteiger partial charge >= 0.3 is 0 Å². The zero-order valence-electron chi connectivity index (χ0n) is 9.68. The van der Waals surface area contributed by atoms with Crippen molar-refractivity contribution in [2.75, 3.05) is 6.54 Å². The molecule has 1 aliphatic carbocycles. The maximum atomic E-state index is 10.3. The van der Waals surface area contributed by atoms with Gasteiger partial charge in [-0.2, -0.15) is 0 Å². The molecular weight excluding hydrogens is 174 g/mol. The quantitative estimate of drug-likeness (QED) is 0.682. The van der Waals surface area contributed by atoms with Gasteiger partial charge in [-0.1, -0.05) is 32.6 Å². The Kier molecular flexibility index (Phi) is 4.90. The Morgan fingerprint density at radius 2 is 1.79 bits per heavy atom. The average molecular weight is 199 g/mol. The monoisotopic (exact) mass is 199 g/mol. The van der Waals surface area contributed by atoms with Crippen LogP contribution in [0.4, 0.5) is 0 Å². The zero-order chi connectivity index (χ0) is 10.4. The molecule has 0 bridgehead atoms. The topological polar surface area (TPSA) is 32.3 Å². The van der Waals surface area contributed by atoms with Crippen molar-refractivity contribution >= 4 is 0 Å². The molecule has 1 rings (SSSR count). The molecule has 1 aliphatic rings. The van der Waals surface area contributed by atoms with Crippen LogP contribution in [0.5, 0.6) is 0 Å². The van der Waals surface area contributed by atoms with Crippen LogP contribution in [-0.2, 0) is 0 Å². The van der Waals surface area contributed by atoms with E-state index < -0.39 is 5.60 Å². The molecule has 2 N–H and O–H groups in total. The minimum Gasteiger partial charge on any atom is -0.389 e. The van der Waals surface area contributed by atoms with E-state index in [0.29, 0.717) is 6.04 Å². The average Bonchev–Trinajstić information content (AvgIpc) is 2.40. The maximum Gasteiger partial charge on any atom is 0.0771 e. The molecule has 2 heteroatoms. The second-order valence-electron chi connectivity index (χ2n) is 4.83. The molecule has 0 spiro atoms. The largest absolute Gasteiger partial charge is 0.389 e. The molecule has 0 aromatic carbocycles. The minimum absolute atomic E-state index is 0.417. The molecule has 1 saturated carbocycles. The molecule has 0 heterocycles. The van der Waals surface area contributed by atoms with Gasteiger partial charge in [-0.15, -0.1) is 0 Å². The predicted octanol–water partition coefficient (Wildman–Crippen LogP) is 2.46. The van der Waals surface area contributed by atoms with Crippen molar-refractivity contribution in [2.45, 2.75) is 70.4 Å². The van der Waals surface area contributed by atoms with Crippen molar-refractivity contribution in [2.24, 2.45) is 0 Å². The number of nitrogens with one attached hydrogen (secondary N) is 1. The van der Waals surface area contributed by atoms with Crippen LogP contribution in [0.1, 0.15) is 58.8 Å². The van der Waals surface area contributed by atoms with Gasteiger partial charge in [0.25, 0.3) is 0 Å². The first-order valence-electron chi connectivity index (χ1n) is 6.12. The van der Waals surface area contributed by atoms with Crippen molar-refractivity contribution in [3.05, 3.63) is 0 Å². The van der Waals surface area contributed by atoms with Gasteiger partial charge in [0.1, 0.15) is 0 Å². The highest BCUT2D eigenvalue weighted by Crippen LogP contribution is 2.26. The van der Waals surface area contributed by atoms with Crippen LogP contribution in [0, 0.1) is 0 Å². The fourth-order valence-electron chi connectivity index (χ4n) is 2.07. The molecular formula is C12H25NO. The van der Waals surface area contributed by atoms with Crippen LogP contribution in [0.25, 0.3) is 0 Å². The van der Waals surface area contributed by atoms with Crippen molar-refractivity contribution in [1.82, 2.24) is 5.32 Å². The highest BCUT2D eigenvalue weighted by molar-refractivity contribution is 4.83. The van der Waals surface area contributed by atoms with Crippen LogP contribution in [-0.4, -0.2) is 23.3 Å². The van der Waals surface area contributed by atoms with E-state index in [1.54, 1.807) is 0 Å². The molecule has 2 nitrogen and oxygen atoms in total. The van der Waals surface area contributed by atoms with Crippen molar-refractivity contribution in [1.29, 1.82) is 0 Å². The van der Waals surface area contributed by atoms with Crippen LogP contribution in [0.15, 0.2) is 0 Å². The number of hydrogen-bond donors (Lipinski definition) is 2. The third-order valence-electron chi connectivity index (χ3n) is 3.43. The van der Waals surface area contributed by atoms with E-state index in [0.717, 1.165) is 25.8 Å². The summed E-state index contributed by atoms with van der Waals surface area (Å²) in [6.45, 7) is 5.14. The third-order valence-corrected chi connectivity index (χ3v) is 3.43. The number of aliphatic hydroxyl groups is 1. The van der Waals surface area contributed by atoms with Gasteiger partial charge in [-0.3, -0.25) is 0 Å². The molecule has 0 aromatic heterocycles. The first-order chi connectivity index (χ1) is 6.66. The summed E-state index contributed by atoms with van der Waals surface area (Å²) in [5.74, 6) is 0. The van der Waals surface area contributed by atoms with Gasteiger partial charge in [0.2, 0.25) is 0 Å². The minimum atomic E-state index is -0.417. The standard InChI is InChI=1S/C12H25NO/c1-3-11(2)13-10-12(14)8-6-4-5-7-9-12/h11,13-14H,3-10H2,1-2H3. The highest BCUT2D eigenvalue weighted by atomic mass is 16.3. The summed E-state index contributed by atoms with van der Waals surface area (Å²) in [6.07, 6.45) is 8.08. The Hall–Kier alpha value is -0.0800. The van der Waals surface area contributed by atoms with E-state index in [2.05, 4.69) is 19.2 Å². The SMILES string of the molecule is CCC(C)NCC1(O)CCCCCC1. The van der Waals surface area contributed by atoms with E-state index in [1.807, 2.05) is 0 Å². The molecule has 0 amide bonds. The molecule has 0 aliphatic heterocycles. The predicted molar refractivity (Wildman–Crippen MR) is 60.4 cm³/mol. The van der Waals surface area contributed by atoms with Gasteiger partial charge in [0.05, 0.1) is 5.60 Å². The van der Waals surface area contributed by atoms with Gasteiger partial charge in [-0.05, 0) is 26.2 Å². The van der Waals surface area contributed by atoms with Crippen LogP contribution in [0.3, 0.4) is 0 Å². The van der Waals surface area contributed by atoms with Crippen LogP contribution < -0.4 is 5.32 Å². The third kappa shape index (κ3) is 3.97. The lowest BCUT2D eigenvalue weighted by atomic mass is 9.94. The summed E-state index contributed by atoms with van der Waals surface area (Å²) in [5, 5.41) is 13.8. The second kappa shape index (κ2) is 5.72. The lowest BCUT2D eigenvalue weighted by Crippen LogP contribution is -2.43. The molecule has 0 radical (unpaired) electrons. The Morgan fingerprint density at radius 3 is 2.29 bits per heavy atom. The van der Waals surface area contributed by atoms with Gasteiger partial charge in [-0.25, -0.2) is 0 Å². The molecule has 84 valence electrons. The van der Waals surface area contributed by atoms with Gasteiger partial charge in [0, 0.05) is 12.6 Å². The smallest absolute Gasteiger partial charge is 0.0771 e. The lowest BCUT2D eigenvalue weighted by molar-refractivity contribution is 0.0231. The molecule has 14 heavy (non-hydrogen) atoms. The van der Waals surface area contributed by atoms with Crippen LogP contribution >= 0.6 is 0 Å². The van der Waals surface area contributed by atoms with E-state index >= 15 is 0 Å². The van der Waals surface area contributed by atoms with E-state index in [9.17, 15) is 5.11 Å². The summed E-state index contributed by atoms with van der Waals surface area (Å²) >= 11 is 0. The normalized spacial score (nSPS) is 24.2. The Balaban J connectivity index is 2.31. The summed E-state index contributed by atoms with van der Waals surface area (Å²) < 4.78 is 0. The van der Waals surface area contributed by atoms with E-state index in [4.69, 9.17) is 0 Å². The van der Waals surface area contributed by atoms with Crippen molar-refractivity contribution in [3.8, 4) is 0 Å². The van der Waals surface area contributed by atoms with Crippen LogP contribution in [0.2, 0.25) is 0 Å². The summed E-state index contributed by atoms with van der Waals surface area (Å²) in [5.41, 5.74) is -0.417. The van der Waals surface area contributed by atoms with E-state index in [-0.39, 0.29) is 0 Å². The second-order valence-corrected chi connectivity index (χ2v) is 4.83. The Bertz CT molecular complexity index is 150. The number of hydrogen-bond acceptors (Lipinski definition) is 2. The van der Waals surface area contributed by atoms with Crippen molar-refractivity contribution in [3.63, 3.8) is 0 Å². The Morgan fingerprint density at radius 1 is 1.21 bits per heavy atom. The van der Waals surface area contributed by atoms with E-state index in [1.165, 1.54) is 25.7 Å². The fraction of sp³-hybridized carbons (Fsp3) is 1.00. The zero-order valence-corrected chi connectivity index (χ0v) is 9.68. The first-order valence-corrected chi connectivity index (χ1v) is 6.12. The van der Waals surface area contributed by atoms with Gasteiger partial charge < -0.3 is 10.4 Å². The first kappa shape index (κ1) is 12.0. The number of rotatable bonds is 4. The van der Waals surface area contributed by atoms with Gasteiger partial charge in [0.15, 0.2) is 0 Å². The summed E-state index contributed by atoms with van der Waals surface area (Å²) in [7, 11) is 0. The highest BCUT2D eigenvalue weighted by Gasteiger charge is 2.27.